The van der Waals surface area contributed by atoms with Gasteiger partial charge < -0.3 is 10.6 Å². The molecule has 0 unspecified atom stereocenters. The van der Waals surface area contributed by atoms with Gasteiger partial charge in [-0.3, -0.25) is 9.59 Å². The maximum atomic E-state index is 12.9. The smallest absolute Gasteiger partial charge is 0.243 e. The first kappa shape index (κ1) is 32.1. The first-order chi connectivity index (χ1) is 20.2. The minimum Gasteiger partial charge on any atom is -0.326 e. The van der Waals surface area contributed by atoms with Crippen molar-refractivity contribution in [2.75, 3.05) is 36.8 Å². The fourth-order valence-corrected chi connectivity index (χ4v) is 8.33. The SMILES string of the molecule is O=C(CCCCC(=O)Nc1ccc(S(=O)(=O)N2CCCCCC2)cc1)Nc1ccc(S(=O)(=O)N2CCCCCC2)cc1. The van der Waals surface area contributed by atoms with Crippen molar-refractivity contribution in [2.45, 2.75) is 86.8 Å². The molecule has 2 aromatic rings. The number of rotatable bonds is 11. The molecule has 0 saturated carbocycles. The predicted octanol–water partition coefficient (Wildman–Crippen LogP) is 4.95. The summed E-state index contributed by atoms with van der Waals surface area (Å²) in [5.41, 5.74) is 1.04. The van der Waals surface area contributed by atoms with Crippen molar-refractivity contribution in [1.82, 2.24) is 8.61 Å². The highest BCUT2D eigenvalue weighted by molar-refractivity contribution is 7.89. The lowest BCUT2D eigenvalue weighted by Crippen LogP contribution is -2.31. The molecule has 10 nitrogen and oxygen atoms in total. The van der Waals surface area contributed by atoms with Crippen molar-refractivity contribution >= 4 is 43.2 Å². The average molecular weight is 619 g/mol. The van der Waals surface area contributed by atoms with E-state index in [1.807, 2.05) is 0 Å². The molecular formula is C30H42N4O6S2. The Balaban J connectivity index is 1.17. The van der Waals surface area contributed by atoms with Crippen LogP contribution in [-0.2, 0) is 29.6 Å². The van der Waals surface area contributed by atoms with Crippen molar-refractivity contribution in [1.29, 1.82) is 0 Å². The van der Waals surface area contributed by atoms with Gasteiger partial charge in [-0.05, 0) is 87.1 Å². The Kier molecular flexibility index (Phi) is 11.5. The summed E-state index contributed by atoms with van der Waals surface area (Å²) in [6.45, 7) is 2.14. The second-order valence-electron chi connectivity index (χ2n) is 11.0. The number of hydrogen-bond acceptors (Lipinski definition) is 6. The van der Waals surface area contributed by atoms with E-state index in [1.54, 1.807) is 32.9 Å². The largest absolute Gasteiger partial charge is 0.326 e. The summed E-state index contributed by atoms with van der Waals surface area (Å²) >= 11 is 0. The number of hydrogen-bond donors (Lipinski definition) is 2. The maximum absolute atomic E-state index is 12.9. The molecule has 2 N–H and O–H groups in total. The molecule has 12 heteroatoms. The quantitative estimate of drug-likeness (QED) is 0.342. The molecule has 2 aliphatic heterocycles. The number of benzene rings is 2. The second kappa shape index (κ2) is 15.1. The lowest BCUT2D eigenvalue weighted by molar-refractivity contribution is -0.118. The van der Waals surface area contributed by atoms with Crippen LogP contribution in [0.5, 0.6) is 0 Å². The zero-order chi connectivity index (χ0) is 30.0. The van der Waals surface area contributed by atoms with Gasteiger partial charge >= 0.3 is 0 Å². The summed E-state index contributed by atoms with van der Waals surface area (Å²) in [7, 11) is -7.08. The molecule has 2 amide bonds. The Morgan fingerprint density at radius 2 is 0.833 bits per heavy atom. The Morgan fingerprint density at radius 3 is 1.14 bits per heavy atom. The van der Waals surface area contributed by atoms with E-state index < -0.39 is 20.0 Å². The molecule has 0 atom stereocenters. The van der Waals surface area contributed by atoms with Crippen LogP contribution in [0.1, 0.15) is 77.0 Å². The van der Waals surface area contributed by atoms with Gasteiger partial charge in [0.15, 0.2) is 0 Å². The van der Waals surface area contributed by atoms with Gasteiger partial charge in [-0.2, -0.15) is 8.61 Å². The Bertz CT molecular complexity index is 1290. The molecule has 230 valence electrons. The molecule has 0 spiro atoms. The van der Waals surface area contributed by atoms with E-state index in [0.29, 0.717) is 50.4 Å². The highest BCUT2D eigenvalue weighted by Gasteiger charge is 2.26. The molecule has 0 aliphatic carbocycles. The lowest BCUT2D eigenvalue weighted by atomic mass is 10.1. The topological polar surface area (TPSA) is 133 Å². The van der Waals surface area contributed by atoms with E-state index in [4.69, 9.17) is 0 Å². The number of carbonyl (C=O) groups excluding carboxylic acids is 2. The van der Waals surface area contributed by atoms with Gasteiger partial charge in [0, 0.05) is 50.4 Å². The summed E-state index contributed by atoms with van der Waals surface area (Å²) in [5.74, 6) is -0.417. The van der Waals surface area contributed by atoms with Gasteiger partial charge in [-0.25, -0.2) is 16.8 Å². The highest BCUT2D eigenvalue weighted by atomic mass is 32.2. The van der Waals surface area contributed by atoms with Crippen molar-refractivity contribution < 1.29 is 26.4 Å². The van der Waals surface area contributed by atoms with Gasteiger partial charge in [-0.1, -0.05) is 25.7 Å². The van der Waals surface area contributed by atoms with Crippen LogP contribution in [0.4, 0.5) is 11.4 Å². The number of unbranched alkanes of at least 4 members (excludes halogenated alkanes) is 1. The second-order valence-corrected chi connectivity index (χ2v) is 14.9. The highest BCUT2D eigenvalue weighted by Crippen LogP contribution is 2.23. The summed E-state index contributed by atoms with van der Waals surface area (Å²) in [6, 6.07) is 12.5. The Labute approximate surface area is 250 Å². The summed E-state index contributed by atoms with van der Waals surface area (Å²) in [5, 5.41) is 5.56. The van der Waals surface area contributed by atoms with Crippen LogP contribution < -0.4 is 10.6 Å². The normalized spacial score (nSPS) is 17.6. The molecule has 0 bridgehead atoms. The van der Waals surface area contributed by atoms with E-state index >= 15 is 0 Å². The maximum Gasteiger partial charge on any atom is 0.243 e. The van der Waals surface area contributed by atoms with Gasteiger partial charge in [0.1, 0.15) is 0 Å². The molecule has 2 aromatic carbocycles. The first-order valence-electron chi connectivity index (χ1n) is 15.0. The molecule has 4 rings (SSSR count). The Hall–Kier alpha value is -2.80. The fourth-order valence-electron chi connectivity index (χ4n) is 5.30. The molecule has 42 heavy (non-hydrogen) atoms. The van der Waals surface area contributed by atoms with Crippen LogP contribution in [-0.4, -0.2) is 63.4 Å². The molecule has 2 heterocycles. The van der Waals surface area contributed by atoms with Crippen molar-refractivity contribution in [2.24, 2.45) is 0 Å². The third-order valence-corrected chi connectivity index (χ3v) is 11.6. The number of anilines is 2. The summed E-state index contributed by atoms with van der Waals surface area (Å²) in [6.07, 6.45) is 9.12. The summed E-state index contributed by atoms with van der Waals surface area (Å²) in [4.78, 5) is 25.2. The predicted molar refractivity (Wildman–Crippen MR) is 163 cm³/mol. The van der Waals surface area contributed by atoms with Crippen molar-refractivity contribution in [3.63, 3.8) is 0 Å². The van der Waals surface area contributed by atoms with E-state index in [0.717, 1.165) is 51.4 Å². The van der Waals surface area contributed by atoms with E-state index in [-0.39, 0.29) is 34.4 Å². The number of nitrogens with one attached hydrogen (secondary N) is 2. The Morgan fingerprint density at radius 1 is 0.524 bits per heavy atom. The van der Waals surface area contributed by atoms with Crippen LogP contribution in [0.2, 0.25) is 0 Å². The number of sulfonamides is 2. The van der Waals surface area contributed by atoms with E-state index in [1.165, 1.54) is 24.3 Å². The zero-order valence-electron chi connectivity index (χ0n) is 24.1. The third kappa shape index (κ3) is 8.85. The van der Waals surface area contributed by atoms with E-state index in [2.05, 4.69) is 10.6 Å². The molecule has 0 radical (unpaired) electrons. The molecule has 0 aromatic heterocycles. The molecular weight excluding hydrogens is 576 g/mol. The van der Waals surface area contributed by atoms with Crippen LogP contribution in [0.25, 0.3) is 0 Å². The van der Waals surface area contributed by atoms with Crippen molar-refractivity contribution in [3.8, 4) is 0 Å². The average Bonchev–Trinajstić information content (AvgIpc) is 3.43. The van der Waals surface area contributed by atoms with Crippen LogP contribution in [0.15, 0.2) is 58.3 Å². The van der Waals surface area contributed by atoms with Crippen LogP contribution in [0, 0.1) is 0 Å². The van der Waals surface area contributed by atoms with Gasteiger partial charge in [0.2, 0.25) is 31.9 Å². The lowest BCUT2D eigenvalue weighted by Gasteiger charge is -2.20. The number of nitrogens with zero attached hydrogens (tertiary/aromatic N) is 2. The number of amides is 2. The van der Waals surface area contributed by atoms with E-state index in [9.17, 15) is 26.4 Å². The monoisotopic (exact) mass is 618 g/mol. The number of carbonyl (C=O) groups is 2. The molecule has 2 aliphatic rings. The third-order valence-electron chi connectivity index (χ3n) is 7.74. The fraction of sp³-hybridized carbons (Fsp3) is 0.533. The molecule has 2 saturated heterocycles. The summed E-state index contributed by atoms with van der Waals surface area (Å²) < 4.78 is 54.8. The van der Waals surface area contributed by atoms with Gasteiger partial charge in [-0.15, -0.1) is 0 Å². The van der Waals surface area contributed by atoms with Crippen molar-refractivity contribution in [3.05, 3.63) is 48.5 Å². The minimum absolute atomic E-state index is 0.209. The standard InChI is InChI=1S/C30H42N4O6S2/c35-29(31-25-13-17-27(18-14-25)41(37,38)33-21-7-1-2-8-22-33)11-5-6-12-30(36)32-26-15-19-28(20-16-26)42(39,40)34-23-9-3-4-10-24-34/h13-20H,1-12,21-24H2,(H,31,35)(H,32,36). The van der Waals surface area contributed by atoms with Gasteiger partial charge in [0.25, 0.3) is 0 Å². The van der Waals surface area contributed by atoms with Gasteiger partial charge in [0.05, 0.1) is 9.79 Å². The zero-order valence-corrected chi connectivity index (χ0v) is 25.7. The minimum atomic E-state index is -3.54. The molecule has 2 fully saturated rings. The van der Waals surface area contributed by atoms with Crippen LogP contribution >= 0.6 is 0 Å². The van der Waals surface area contributed by atoms with Crippen LogP contribution in [0.3, 0.4) is 0 Å². The first-order valence-corrected chi connectivity index (χ1v) is 17.8.